The van der Waals surface area contributed by atoms with Crippen molar-refractivity contribution in [3.63, 3.8) is 0 Å². The van der Waals surface area contributed by atoms with Crippen molar-refractivity contribution < 1.29 is 24.1 Å². The molecular weight excluding hydrogens is 833 g/mol. The monoisotopic (exact) mass is 890 g/mol. The number of fused-ring (bicyclic) bond motifs is 3. The van der Waals surface area contributed by atoms with Crippen LogP contribution in [-0.4, -0.2) is 26.6 Å². The molecule has 340 valence electrons. The fourth-order valence-corrected chi connectivity index (χ4v) is 7.96. The number of aromatic amines is 3. The van der Waals surface area contributed by atoms with Crippen LogP contribution in [0.2, 0.25) is 0 Å². The molecule has 0 spiro atoms. The van der Waals surface area contributed by atoms with Crippen LogP contribution in [0.1, 0.15) is 54.5 Å². The summed E-state index contributed by atoms with van der Waals surface area (Å²) in [6, 6.07) is 53.3. The van der Waals surface area contributed by atoms with E-state index in [4.69, 9.17) is 24.7 Å². The van der Waals surface area contributed by atoms with Gasteiger partial charge in [-0.2, -0.15) is 0 Å². The Morgan fingerprint density at radius 1 is 0.418 bits per heavy atom. The maximum atomic E-state index is 9.33. The molecule has 0 atom stereocenters. The van der Waals surface area contributed by atoms with Gasteiger partial charge in [0.2, 0.25) is 0 Å². The average Bonchev–Trinajstić information content (AvgIpc) is 4.08. The smallest absolute Gasteiger partial charge is 0.127 e. The summed E-state index contributed by atoms with van der Waals surface area (Å²) in [5, 5.41) is 12.9. The number of ether oxygens (including phenoxy) is 4. The van der Waals surface area contributed by atoms with Crippen molar-refractivity contribution in [3.05, 3.63) is 210 Å². The van der Waals surface area contributed by atoms with Gasteiger partial charge in [-0.3, -0.25) is 0 Å². The highest BCUT2D eigenvalue weighted by Gasteiger charge is 2.08. The molecule has 10 rings (SSSR count). The molecule has 3 heterocycles. The number of rotatable bonds is 16. The van der Waals surface area contributed by atoms with Gasteiger partial charge in [0.05, 0.1) is 0 Å². The molecule has 0 saturated carbocycles. The number of nitrogens with two attached hydrogens (primary N) is 1. The Balaban J connectivity index is 0.000000145. The molecule has 10 aromatic rings. The SMILES string of the molecule is CCCc1c[nH]c2ccc(O)cc12.CCCc1c[nH]c2ccc(OCc3cccc(Oc4ccccc4)c3)cc12.NCCc1c[nH]c2ccc(OCc3cccc(Oc4ccccc4)c3)cc12. The third-order valence-electron chi connectivity index (χ3n) is 11.2. The lowest BCUT2D eigenvalue weighted by Crippen LogP contribution is -2.01. The number of aromatic nitrogens is 3. The van der Waals surface area contributed by atoms with Crippen LogP contribution in [0.25, 0.3) is 32.7 Å². The Kier molecular flexibility index (Phi) is 15.6. The van der Waals surface area contributed by atoms with E-state index in [1.165, 1.54) is 27.5 Å². The van der Waals surface area contributed by atoms with E-state index in [-0.39, 0.29) is 0 Å². The third kappa shape index (κ3) is 12.5. The number of aromatic hydroxyl groups is 1. The molecule has 0 aliphatic heterocycles. The molecular formula is C58H58N4O5. The number of phenolic OH excluding ortho intramolecular Hbond substituents is 1. The summed E-state index contributed by atoms with van der Waals surface area (Å²) < 4.78 is 23.8. The molecule has 0 unspecified atom stereocenters. The first-order chi connectivity index (χ1) is 32.9. The van der Waals surface area contributed by atoms with Gasteiger partial charge in [0, 0.05) is 51.3 Å². The second-order valence-corrected chi connectivity index (χ2v) is 16.3. The molecule has 0 aliphatic carbocycles. The lowest BCUT2D eigenvalue weighted by Gasteiger charge is -2.10. The van der Waals surface area contributed by atoms with Gasteiger partial charge >= 0.3 is 0 Å². The summed E-state index contributed by atoms with van der Waals surface area (Å²) in [5.41, 5.74) is 15.0. The Hall–Kier alpha value is -7.88. The molecule has 0 radical (unpaired) electrons. The Labute approximate surface area is 392 Å². The molecule has 0 fully saturated rings. The van der Waals surface area contributed by atoms with E-state index in [0.717, 1.165) is 99.7 Å². The molecule has 6 N–H and O–H groups in total. The number of phenols is 1. The van der Waals surface area contributed by atoms with Gasteiger partial charge in [0.15, 0.2) is 0 Å². The van der Waals surface area contributed by atoms with Crippen LogP contribution < -0.4 is 24.7 Å². The molecule has 9 nitrogen and oxygen atoms in total. The second kappa shape index (κ2) is 22.8. The van der Waals surface area contributed by atoms with Crippen LogP contribution in [0.5, 0.6) is 40.2 Å². The Morgan fingerprint density at radius 2 is 0.836 bits per heavy atom. The molecule has 0 bridgehead atoms. The highest BCUT2D eigenvalue weighted by molar-refractivity contribution is 5.86. The molecule has 7 aromatic carbocycles. The fourth-order valence-electron chi connectivity index (χ4n) is 7.96. The predicted molar refractivity (Wildman–Crippen MR) is 272 cm³/mol. The normalized spacial score (nSPS) is 10.9. The average molecular weight is 891 g/mol. The maximum absolute atomic E-state index is 9.33. The minimum atomic E-state index is 0.337. The van der Waals surface area contributed by atoms with Crippen molar-refractivity contribution >= 4 is 32.7 Å². The number of benzene rings is 7. The summed E-state index contributed by atoms with van der Waals surface area (Å²) in [4.78, 5) is 9.80. The van der Waals surface area contributed by atoms with E-state index in [1.807, 2.05) is 146 Å². The van der Waals surface area contributed by atoms with Crippen LogP contribution in [0.15, 0.2) is 182 Å². The van der Waals surface area contributed by atoms with E-state index in [0.29, 0.717) is 25.5 Å². The van der Waals surface area contributed by atoms with Gasteiger partial charge in [-0.25, -0.2) is 0 Å². The summed E-state index contributed by atoms with van der Waals surface area (Å²) in [6.45, 7) is 5.97. The highest BCUT2D eigenvalue weighted by Crippen LogP contribution is 2.29. The summed E-state index contributed by atoms with van der Waals surface area (Å²) in [5.74, 6) is 5.33. The lowest BCUT2D eigenvalue weighted by atomic mass is 10.1. The molecule has 67 heavy (non-hydrogen) atoms. The minimum absolute atomic E-state index is 0.337. The zero-order chi connectivity index (χ0) is 46.2. The van der Waals surface area contributed by atoms with E-state index >= 15 is 0 Å². The van der Waals surface area contributed by atoms with Crippen molar-refractivity contribution in [1.82, 2.24) is 15.0 Å². The maximum Gasteiger partial charge on any atom is 0.127 e. The number of para-hydroxylation sites is 2. The van der Waals surface area contributed by atoms with Crippen LogP contribution in [0, 0.1) is 0 Å². The summed E-state index contributed by atoms with van der Waals surface area (Å²) >= 11 is 0. The summed E-state index contributed by atoms with van der Waals surface area (Å²) in [7, 11) is 0. The number of aryl methyl sites for hydroxylation is 2. The minimum Gasteiger partial charge on any atom is -0.508 e. The quantitative estimate of drug-likeness (QED) is 0.0657. The van der Waals surface area contributed by atoms with Crippen molar-refractivity contribution in [3.8, 4) is 40.2 Å². The van der Waals surface area contributed by atoms with E-state index in [9.17, 15) is 5.11 Å². The highest BCUT2D eigenvalue weighted by atomic mass is 16.5. The van der Waals surface area contributed by atoms with Gasteiger partial charge in [-0.15, -0.1) is 0 Å². The van der Waals surface area contributed by atoms with Crippen LogP contribution in [0.3, 0.4) is 0 Å². The van der Waals surface area contributed by atoms with Crippen molar-refractivity contribution in [1.29, 1.82) is 0 Å². The number of H-pyrrole nitrogens is 3. The number of hydrogen-bond acceptors (Lipinski definition) is 6. The summed E-state index contributed by atoms with van der Waals surface area (Å²) in [6.07, 6.45) is 11.4. The number of nitrogens with one attached hydrogen (secondary N) is 3. The van der Waals surface area contributed by atoms with Crippen molar-refractivity contribution in [2.24, 2.45) is 5.73 Å². The van der Waals surface area contributed by atoms with E-state index in [1.54, 1.807) is 6.07 Å². The number of hydrogen-bond donors (Lipinski definition) is 5. The topological polar surface area (TPSA) is 131 Å². The first-order valence-corrected chi connectivity index (χ1v) is 23.0. The van der Waals surface area contributed by atoms with Gasteiger partial charge < -0.3 is 44.7 Å². The Bertz CT molecular complexity index is 2930. The molecule has 0 aliphatic rings. The second-order valence-electron chi connectivity index (χ2n) is 16.3. The van der Waals surface area contributed by atoms with Gasteiger partial charge in [-0.05, 0) is 157 Å². The predicted octanol–water partition coefficient (Wildman–Crippen LogP) is 14.4. The van der Waals surface area contributed by atoms with E-state index in [2.05, 4.69) is 59.3 Å². The zero-order valence-corrected chi connectivity index (χ0v) is 38.1. The molecule has 0 saturated heterocycles. The lowest BCUT2D eigenvalue weighted by molar-refractivity contribution is 0.306. The van der Waals surface area contributed by atoms with Gasteiger partial charge in [-0.1, -0.05) is 87.4 Å². The third-order valence-corrected chi connectivity index (χ3v) is 11.2. The van der Waals surface area contributed by atoms with E-state index < -0.39 is 0 Å². The molecule has 0 amide bonds. The largest absolute Gasteiger partial charge is 0.508 e. The zero-order valence-electron chi connectivity index (χ0n) is 38.1. The van der Waals surface area contributed by atoms with Crippen molar-refractivity contribution in [2.75, 3.05) is 6.54 Å². The molecule has 9 heteroatoms. The van der Waals surface area contributed by atoms with Crippen LogP contribution in [-0.2, 0) is 32.5 Å². The van der Waals surface area contributed by atoms with Crippen LogP contribution in [0.4, 0.5) is 0 Å². The van der Waals surface area contributed by atoms with Crippen LogP contribution >= 0.6 is 0 Å². The van der Waals surface area contributed by atoms with Gasteiger partial charge in [0.25, 0.3) is 0 Å². The Morgan fingerprint density at radius 3 is 1.28 bits per heavy atom. The fraction of sp³-hybridized carbons (Fsp3) is 0.172. The van der Waals surface area contributed by atoms with Crippen molar-refractivity contribution in [2.45, 2.75) is 59.2 Å². The first kappa shape index (κ1) is 45.7. The van der Waals surface area contributed by atoms with Gasteiger partial charge in [0.1, 0.15) is 53.5 Å². The standard InChI is InChI=1S/C24H23NO2.C23H22N2O2.C11H13NO/c1-2-7-19-16-25-24-13-12-21(15-23(19)24)26-17-18-8-6-11-22(14-18)27-20-9-4-3-5-10-20;24-12-11-18-15-25-23-10-9-20(14-22(18)23)26-16-17-5-4-8-21(13-17)27-19-6-2-1-3-7-19;1-2-3-8-7-12-11-5-4-9(13)6-10(8)11/h3-6,8-16,25H,2,7,17H2,1H3;1-10,13-15,25H,11-12,16,24H2;4-7,12-13H,2-3H2,1H3. The first-order valence-electron chi connectivity index (χ1n) is 23.0. The molecule has 3 aromatic heterocycles.